The van der Waals surface area contributed by atoms with Crippen molar-refractivity contribution in [3.05, 3.63) is 64.7 Å². The average molecular weight is 389 g/mol. The van der Waals surface area contributed by atoms with E-state index in [4.69, 9.17) is 4.74 Å². The topological polar surface area (TPSA) is 64.6 Å². The third-order valence-corrected chi connectivity index (χ3v) is 3.33. The Kier molecular flexibility index (Phi) is 5.98. The molecular formula is C17H12F5NO4. The summed E-state index contributed by atoms with van der Waals surface area (Å²) in [6.07, 6.45) is -5.75. The van der Waals surface area contributed by atoms with Gasteiger partial charge in [0.15, 0.2) is 11.6 Å². The van der Waals surface area contributed by atoms with Crippen LogP contribution in [0.2, 0.25) is 0 Å². The Bertz CT molecular complexity index is 867. The summed E-state index contributed by atoms with van der Waals surface area (Å²) >= 11 is 0. The fourth-order valence-corrected chi connectivity index (χ4v) is 2.06. The minimum Gasteiger partial charge on any atom is -0.465 e. The lowest BCUT2D eigenvalue weighted by atomic mass is 10.1. The fraction of sp³-hybridized carbons (Fsp3) is 0.176. The Balaban J connectivity index is 2.11. The van der Waals surface area contributed by atoms with Crippen molar-refractivity contribution >= 4 is 17.7 Å². The number of hydrogen-bond acceptors (Lipinski definition) is 4. The molecule has 0 fully saturated rings. The molecule has 0 atom stereocenters. The van der Waals surface area contributed by atoms with Gasteiger partial charge in [0.05, 0.1) is 23.9 Å². The molecule has 2 rings (SSSR count). The number of alkyl halides is 3. The van der Waals surface area contributed by atoms with E-state index in [0.717, 1.165) is 25.3 Å². The van der Waals surface area contributed by atoms with Crippen LogP contribution in [0, 0.1) is 11.6 Å². The zero-order valence-corrected chi connectivity index (χ0v) is 13.7. The Hall–Kier alpha value is -3.17. The number of carbonyl (C=O) groups excluding carboxylic acids is 2. The maximum atomic E-state index is 13.4. The van der Waals surface area contributed by atoms with Crippen molar-refractivity contribution in [2.45, 2.75) is 12.8 Å². The molecule has 1 N–H and O–H groups in total. The second-order valence-electron chi connectivity index (χ2n) is 5.20. The fourth-order valence-electron chi connectivity index (χ4n) is 2.06. The van der Waals surface area contributed by atoms with Gasteiger partial charge < -0.3 is 9.47 Å². The summed E-state index contributed by atoms with van der Waals surface area (Å²) < 4.78 is 73.7. The summed E-state index contributed by atoms with van der Waals surface area (Å²) in [5.74, 6) is -3.71. The van der Waals surface area contributed by atoms with Gasteiger partial charge in [-0.15, -0.1) is 0 Å². The van der Waals surface area contributed by atoms with Crippen LogP contribution in [0.3, 0.4) is 0 Å². The molecule has 0 aromatic heterocycles. The first kappa shape index (κ1) is 20.1. The lowest BCUT2D eigenvalue weighted by Gasteiger charge is -2.12. The van der Waals surface area contributed by atoms with Crippen LogP contribution in [0.5, 0.6) is 0 Å². The highest BCUT2D eigenvalue weighted by Crippen LogP contribution is 2.29. The molecule has 0 aliphatic carbocycles. The second kappa shape index (κ2) is 8.02. The highest BCUT2D eigenvalue weighted by molar-refractivity contribution is 5.99. The number of anilines is 1. The molecule has 0 radical (unpaired) electrons. The molecule has 0 spiro atoms. The summed E-state index contributed by atoms with van der Waals surface area (Å²) in [7, 11) is 0.999. The number of ether oxygens (including phenoxy) is 2. The number of esters is 1. The largest absolute Gasteiger partial charge is 0.465 e. The molecule has 0 saturated heterocycles. The van der Waals surface area contributed by atoms with Gasteiger partial charge in [-0.25, -0.2) is 18.4 Å². The molecule has 2 aromatic carbocycles. The van der Waals surface area contributed by atoms with Crippen molar-refractivity contribution in [3.63, 3.8) is 0 Å². The average Bonchev–Trinajstić information content (AvgIpc) is 2.61. The van der Waals surface area contributed by atoms with E-state index in [9.17, 15) is 31.5 Å². The molecule has 0 aliphatic heterocycles. The molecule has 0 heterocycles. The maximum Gasteiger partial charge on any atom is 0.416 e. The summed E-state index contributed by atoms with van der Waals surface area (Å²) in [5, 5.41) is 2.02. The van der Waals surface area contributed by atoms with Gasteiger partial charge in [-0.05, 0) is 23.8 Å². The number of nitrogens with one attached hydrogen (secondary N) is 1. The highest BCUT2D eigenvalue weighted by Gasteiger charge is 2.30. The van der Waals surface area contributed by atoms with Gasteiger partial charge in [0.1, 0.15) is 6.61 Å². The zero-order chi connectivity index (χ0) is 20.2. The molecule has 0 bridgehead atoms. The first-order valence-corrected chi connectivity index (χ1v) is 7.29. The quantitative estimate of drug-likeness (QED) is 0.617. The SMILES string of the molecule is COC(=O)c1cc(F)c(F)cc1NC(=O)OCc1cccc(C(F)(F)F)c1. The van der Waals surface area contributed by atoms with Gasteiger partial charge in [-0.1, -0.05) is 12.1 Å². The molecule has 27 heavy (non-hydrogen) atoms. The van der Waals surface area contributed by atoms with E-state index >= 15 is 0 Å². The number of rotatable bonds is 4. The molecule has 0 saturated carbocycles. The molecule has 1 amide bonds. The third kappa shape index (κ3) is 5.16. The van der Waals surface area contributed by atoms with Crippen LogP contribution in [0.4, 0.5) is 32.4 Å². The number of carbonyl (C=O) groups is 2. The van der Waals surface area contributed by atoms with Crippen LogP contribution in [0.1, 0.15) is 21.5 Å². The first-order valence-electron chi connectivity index (χ1n) is 7.29. The van der Waals surface area contributed by atoms with Crippen molar-refractivity contribution in [1.82, 2.24) is 0 Å². The molecule has 5 nitrogen and oxygen atoms in total. The lowest BCUT2D eigenvalue weighted by molar-refractivity contribution is -0.137. The smallest absolute Gasteiger partial charge is 0.416 e. The van der Waals surface area contributed by atoms with Gasteiger partial charge >= 0.3 is 18.2 Å². The molecular weight excluding hydrogens is 377 g/mol. The molecule has 0 aliphatic rings. The van der Waals surface area contributed by atoms with Gasteiger partial charge in [0.25, 0.3) is 0 Å². The van der Waals surface area contributed by atoms with Gasteiger partial charge in [-0.2, -0.15) is 13.2 Å². The summed E-state index contributed by atoms with van der Waals surface area (Å²) in [5.41, 5.74) is -1.75. The monoisotopic (exact) mass is 389 g/mol. The number of halogens is 5. The molecule has 10 heteroatoms. The summed E-state index contributed by atoms with van der Waals surface area (Å²) in [4.78, 5) is 23.4. The van der Waals surface area contributed by atoms with Crippen molar-refractivity contribution in [1.29, 1.82) is 0 Å². The normalized spacial score (nSPS) is 11.0. The van der Waals surface area contributed by atoms with Crippen LogP contribution >= 0.6 is 0 Å². The molecule has 2 aromatic rings. The van der Waals surface area contributed by atoms with Crippen molar-refractivity contribution in [2.24, 2.45) is 0 Å². The van der Waals surface area contributed by atoms with E-state index in [1.807, 2.05) is 5.32 Å². The molecule has 0 unspecified atom stereocenters. The Labute approximate surface area is 149 Å². The number of hydrogen-bond donors (Lipinski definition) is 1. The zero-order valence-electron chi connectivity index (χ0n) is 13.7. The van der Waals surface area contributed by atoms with Gasteiger partial charge in [-0.3, -0.25) is 5.32 Å². The van der Waals surface area contributed by atoms with Gasteiger partial charge in [0, 0.05) is 6.07 Å². The van der Waals surface area contributed by atoms with Crippen molar-refractivity contribution < 1.29 is 41.0 Å². The number of amides is 1. The van der Waals surface area contributed by atoms with E-state index in [2.05, 4.69) is 4.74 Å². The standard InChI is InChI=1S/C17H12F5NO4/c1-26-15(24)11-6-12(18)13(19)7-14(11)23-16(25)27-8-9-3-2-4-10(5-9)17(20,21)22/h2-7H,8H2,1H3,(H,23,25). The van der Waals surface area contributed by atoms with E-state index in [-0.39, 0.29) is 5.56 Å². The third-order valence-electron chi connectivity index (χ3n) is 3.33. The minimum atomic E-state index is -4.56. The van der Waals surface area contributed by atoms with Crippen molar-refractivity contribution in [3.8, 4) is 0 Å². The number of benzene rings is 2. The summed E-state index contributed by atoms with van der Waals surface area (Å²) in [6, 6.07) is 5.18. The molecule has 144 valence electrons. The van der Waals surface area contributed by atoms with E-state index < -0.39 is 53.3 Å². The van der Waals surface area contributed by atoms with Crippen LogP contribution in [-0.2, 0) is 22.3 Å². The maximum absolute atomic E-state index is 13.4. The first-order chi connectivity index (χ1) is 12.6. The lowest BCUT2D eigenvalue weighted by Crippen LogP contribution is -2.17. The predicted molar refractivity (Wildman–Crippen MR) is 82.9 cm³/mol. The second-order valence-corrected chi connectivity index (χ2v) is 5.20. The van der Waals surface area contributed by atoms with E-state index in [1.165, 1.54) is 6.07 Å². The van der Waals surface area contributed by atoms with E-state index in [1.54, 1.807) is 0 Å². The van der Waals surface area contributed by atoms with Crippen LogP contribution in [-0.4, -0.2) is 19.2 Å². The van der Waals surface area contributed by atoms with Crippen molar-refractivity contribution in [2.75, 3.05) is 12.4 Å². The Morgan fingerprint density at radius 1 is 1.07 bits per heavy atom. The van der Waals surface area contributed by atoms with Crippen LogP contribution < -0.4 is 5.32 Å². The van der Waals surface area contributed by atoms with Crippen LogP contribution in [0.25, 0.3) is 0 Å². The number of methoxy groups -OCH3 is 1. The van der Waals surface area contributed by atoms with Gasteiger partial charge in [0.2, 0.25) is 0 Å². The van der Waals surface area contributed by atoms with Crippen LogP contribution in [0.15, 0.2) is 36.4 Å². The predicted octanol–water partition coefficient (Wildman–Crippen LogP) is 4.52. The highest BCUT2D eigenvalue weighted by atomic mass is 19.4. The summed E-state index contributed by atoms with van der Waals surface area (Å²) in [6.45, 7) is -0.521. The Morgan fingerprint density at radius 3 is 2.37 bits per heavy atom. The Morgan fingerprint density at radius 2 is 1.74 bits per heavy atom. The van der Waals surface area contributed by atoms with E-state index in [0.29, 0.717) is 12.1 Å². The minimum absolute atomic E-state index is 0.0541.